The molecule has 0 N–H and O–H groups in total. The third-order valence-corrected chi connectivity index (χ3v) is 11.0. The molecule has 1 atom stereocenters. The Morgan fingerprint density at radius 1 is 0.375 bits per heavy atom. The molecule has 0 fully saturated rings. The fourth-order valence-corrected chi connectivity index (χ4v) is 7.21. The van der Waals surface area contributed by atoms with Crippen molar-refractivity contribution in [3.05, 3.63) is 24.3 Å². The van der Waals surface area contributed by atoms with Gasteiger partial charge in [0.15, 0.2) is 6.10 Å². The number of carbonyl (C=O) groups is 2. The SMILES string of the molecule is CCCCCC/C=C\CCCCCCCC(=O)OCC(COCCCCCCCC/C=C\CCCCCCCC)OC(=O)CCCCCCCCCCCCC. The smallest absolute Gasteiger partial charge is 0.306 e. The Hall–Kier alpha value is -1.62. The number of hydrogen-bond acceptors (Lipinski definition) is 5. The van der Waals surface area contributed by atoms with Crippen molar-refractivity contribution in [3.8, 4) is 0 Å². The van der Waals surface area contributed by atoms with Crippen LogP contribution >= 0.6 is 0 Å². The van der Waals surface area contributed by atoms with Gasteiger partial charge in [0, 0.05) is 19.4 Å². The van der Waals surface area contributed by atoms with Crippen LogP contribution in [0.5, 0.6) is 0 Å². The van der Waals surface area contributed by atoms with Crippen LogP contribution in [0.15, 0.2) is 24.3 Å². The molecule has 0 saturated heterocycles. The number of carbonyl (C=O) groups excluding carboxylic acids is 2. The third kappa shape index (κ3) is 45.1. The molecule has 0 aliphatic heterocycles. The highest BCUT2D eigenvalue weighted by atomic mass is 16.6. The Kier molecular flexibility index (Phi) is 46.4. The van der Waals surface area contributed by atoms with Crippen LogP contribution in [0, 0.1) is 0 Å². The van der Waals surface area contributed by atoms with E-state index in [4.69, 9.17) is 14.2 Å². The molecule has 0 aromatic rings. The van der Waals surface area contributed by atoms with Crippen molar-refractivity contribution in [2.24, 2.45) is 0 Å². The van der Waals surface area contributed by atoms with Gasteiger partial charge in [-0.15, -0.1) is 0 Å². The van der Waals surface area contributed by atoms with Gasteiger partial charge < -0.3 is 14.2 Å². The lowest BCUT2D eigenvalue weighted by atomic mass is 10.1. The van der Waals surface area contributed by atoms with E-state index in [1.807, 2.05) is 0 Å². The monoisotopic (exact) mass is 789 g/mol. The van der Waals surface area contributed by atoms with Crippen LogP contribution in [0.25, 0.3) is 0 Å². The normalized spacial score (nSPS) is 12.3. The van der Waals surface area contributed by atoms with Gasteiger partial charge in [-0.1, -0.05) is 206 Å². The lowest BCUT2D eigenvalue weighted by Crippen LogP contribution is -2.30. The van der Waals surface area contributed by atoms with Crippen molar-refractivity contribution in [1.82, 2.24) is 0 Å². The van der Waals surface area contributed by atoms with E-state index >= 15 is 0 Å². The maximum absolute atomic E-state index is 12.7. The van der Waals surface area contributed by atoms with E-state index in [1.165, 1.54) is 180 Å². The van der Waals surface area contributed by atoms with E-state index in [1.54, 1.807) is 0 Å². The van der Waals surface area contributed by atoms with E-state index < -0.39 is 6.10 Å². The fourth-order valence-electron chi connectivity index (χ4n) is 7.21. The summed E-state index contributed by atoms with van der Waals surface area (Å²) in [5, 5.41) is 0. The van der Waals surface area contributed by atoms with Gasteiger partial charge in [0.1, 0.15) is 6.61 Å². The summed E-state index contributed by atoms with van der Waals surface area (Å²) in [6.07, 6.45) is 54.6. The minimum Gasteiger partial charge on any atom is -0.462 e. The van der Waals surface area contributed by atoms with Crippen molar-refractivity contribution in [2.45, 2.75) is 271 Å². The van der Waals surface area contributed by atoms with Crippen LogP contribution in [0.3, 0.4) is 0 Å². The van der Waals surface area contributed by atoms with Crippen LogP contribution < -0.4 is 0 Å². The standard InChI is InChI=1S/C51H96O5/c1-4-7-10-13-16-19-22-24-25-26-28-31-34-37-40-43-46-54-47-49(56-51(53)45-42-39-36-33-29-21-18-15-12-9-6-3)48-55-50(52)44-41-38-35-32-30-27-23-20-17-14-11-8-5-2/h20,23-25,49H,4-19,21-22,26-48H2,1-3H3/b23-20-,25-24-. The van der Waals surface area contributed by atoms with Gasteiger partial charge in [-0.25, -0.2) is 0 Å². The molecule has 1 unspecified atom stereocenters. The molecule has 0 heterocycles. The second kappa shape index (κ2) is 47.8. The van der Waals surface area contributed by atoms with Gasteiger partial charge in [-0.2, -0.15) is 0 Å². The number of ether oxygens (including phenoxy) is 3. The van der Waals surface area contributed by atoms with Gasteiger partial charge in [0.2, 0.25) is 0 Å². The summed E-state index contributed by atoms with van der Waals surface area (Å²) in [4.78, 5) is 25.3. The Morgan fingerprint density at radius 3 is 1.11 bits per heavy atom. The molecule has 330 valence electrons. The van der Waals surface area contributed by atoms with Crippen molar-refractivity contribution in [1.29, 1.82) is 0 Å². The molecule has 5 heteroatoms. The number of hydrogen-bond donors (Lipinski definition) is 0. The second-order valence-corrected chi connectivity index (χ2v) is 16.7. The molecular weight excluding hydrogens is 693 g/mol. The summed E-state index contributed by atoms with van der Waals surface area (Å²) < 4.78 is 17.4. The lowest BCUT2D eigenvalue weighted by Gasteiger charge is -2.18. The predicted molar refractivity (Wildman–Crippen MR) is 242 cm³/mol. The first-order chi connectivity index (χ1) is 27.6. The zero-order valence-electron chi connectivity index (χ0n) is 37.9. The molecule has 0 aromatic heterocycles. The maximum Gasteiger partial charge on any atom is 0.306 e. The zero-order chi connectivity index (χ0) is 40.7. The quantitative estimate of drug-likeness (QED) is 0.0349. The van der Waals surface area contributed by atoms with Crippen molar-refractivity contribution < 1.29 is 23.8 Å². The number of rotatable bonds is 46. The van der Waals surface area contributed by atoms with Gasteiger partial charge in [0.25, 0.3) is 0 Å². The number of allylic oxidation sites excluding steroid dienone is 4. The highest BCUT2D eigenvalue weighted by molar-refractivity contribution is 5.70. The van der Waals surface area contributed by atoms with E-state index in [-0.39, 0.29) is 25.2 Å². The summed E-state index contributed by atoms with van der Waals surface area (Å²) in [6.45, 7) is 7.82. The molecule has 0 radical (unpaired) electrons. The molecule has 0 bridgehead atoms. The molecule has 0 aliphatic carbocycles. The molecule has 0 spiro atoms. The second-order valence-electron chi connectivity index (χ2n) is 16.7. The molecular formula is C51H96O5. The van der Waals surface area contributed by atoms with Crippen LogP contribution in [0.2, 0.25) is 0 Å². The van der Waals surface area contributed by atoms with Crippen molar-refractivity contribution >= 4 is 11.9 Å². The van der Waals surface area contributed by atoms with E-state index in [9.17, 15) is 9.59 Å². The van der Waals surface area contributed by atoms with Crippen molar-refractivity contribution in [2.75, 3.05) is 19.8 Å². The first-order valence-corrected chi connectivity index (χ1v) is 24.9. The average molecular weight is 789 g/mol. The molecule has 0 saturated carbocycles. The Bertz CT molecular complexity index is 851. The Balaban J connectivity index is 4.23. The third-order valence-electron chi connectivity index (χ3n) is 11.0. The number of unbranched alkanes of at least 4 members (excludes halogenated alkanes) is 31. The van der Waals surface area contributed by atoms with Gasteiger partial charge in [0.05, 0.1) is 6.61 Å². The topological polar surface area (TPSA) is 61.8 Å². The molecule has 0 aromatic carbocycles. The van der Waals surface area contributed by atoms with Crippen LogP contribution in [0.4, 0.5) is 0 Å². The summed E-state index contributed by atoms with van der Waals surface area (Å²) >= 11 is 0. The van der Waals surface area contributed by atoms with Gasteiger partial charge >= 0.3 is 11.9 Å². The maximum atomic E-state index is 12.7. The van der Waals surface area contributed by atoms with Crippen molar-refractivity contribution in [3.63, 3.8) is 0 Å². The highest BCUT2D eigenvalue weighted by Gasteiger charge is 2.17. The van der Waals surface area contributed by atoms with E-state index in [0.29, 0.717) is 19.4 Å². The van der Waals surface area contributed by atoms with E-state index in [0.717, 1.165) is 51.4 Å². The summed E-state index contributed by atoms with van der Waals surface area (Å²) in [5.74, 6) is -0.398. The fraction of sp³-hybridized carbons (Fsp3) is 0.882. The minimum atomic E-state index is -0.534. The Morgan fingerprint density at radius 2 is 0.696 bits per heavy atom. The molecule has 56 heavy (non-hydrogen) atoms. The lowest BCUT2D eigenvalue weighted by molar-refractivity contribution is -0.163. The first kappa shape index (κ1) is 54.4. The molecule has 0 rings (SSSR count). The highest BCUT2D eigenvalue weighted by Crippen LogP contribution is 2.15. The van der Waals surface area contributed by atoms with Crippen LogP contribution in [-0.2, 0) is 23.8 Å². The molecule has 0 amide bonds. The van der Waals surface area contributed by atoms with Gasteiger partial charge in [-0.05, 0) is 70.6 Å². The summed E-state index contributed by atoms with van der Waals surface area (Å²) in [5.41, 5.74) is 0. The molecule has 0 aliphatic rings. The number of esters is 2. The van der Waals surface area contributed by atoms with E-state index in [2.05, 4.69) is 45.1 Å². The average Bonchev–Trinajstić information content (AvgIpc) is 3.20. The molecule has 5 nitrogen and oxygen atoms in total. The van der Waals surface area contributed by atoms with Gasteiger partial charge in [-0.3, -0.25) is 9.59 Å². The zero-order valence-corrected chi connectivity index (χ0v) is 37.9. The first-order valence-electron chi connectivity index (χ1n) is 24.9. The summed E-state index contributed by atoms with van der Waals surface area (Å²) in [7, 11) is 0. The minimum absolute atomic E-state index is 0.0843. The van der Waals surface area contributed by atoms with Crippen LogP contribution in [-0.4, -0.2) is 37.9 Å². The van der Waals surface area contributed by atoms with Crippen LogP contribution in [0.1, 0.15) is 265 Å². The summed E-state index contributed by atoms with van der Waals surface area (Å²) in [6, 6.07) is 0. The Labute approximate surface area is 349 Å². The largest absolute Gasteiger partial charge is 0.462 e. The predicted octanol–water partition coefficient (Wildman–Crippen LogP) is 16.5.